The minimum absolute atomic E-state index is 0.0309. The molecule has 0 heterocycles. The monoisotopic (exact) mass is 182 g/mol. The van der Waals surface area contributed by atoms with E-state index >= 15 is 0 Å². The van der Waals surface area contributed by atoms with Gasteiger partial charge in [0.2, 0.25) is 0 Å². The predicted molar refractivity (Wildman–Crippen MR) is 42.5 cm³/mol. The quantitative estimate of drug-likeness (QED) is 0.586. The molecule has 0 spiro atoms. The molecule has 1 aromatic rings. The topological polar surface area (TPSA) is 0 Å². The van der Waals surface area contributed by atoms with Crippen molar-refractivity contribution in [1.82, 2.24) is 0 Å². The van der Waals surface area contributed by atoms with Gasteiger partial charge < -0.3 is 0 Å². The van der Waals surface area contributed by atoms with E-state index in [1.807, 2.05) is 0 Å². The van der Waals surface area contributed by atoms with Gasteiger partial charge in [0.05, 0.1) is 0 Å². The first-order valence-corrected chi connectivity index (χ1v) is 5.50. The van der Waals surface area contributed by atoms with Crippen LogP contribution in [0.2, 0.25) is 0 Å². The average molecular weight is 183 g/mol. The molecule has 0 radical (unpaired) electrons. The summed E-state index contributed by atoms with van der Waals surface area (Å²) in [6.45, 7) is 0. The van der Waals surface area contributed by atoms with Crippen LogP contribution in [0.25, 0.3) is 0 Å². The Morgan fingerprint density at radius 1 is 1.10 bits per heavy atom. The van der Waals surface area contributed by atoms with E-state index in [1.54, 1.807) is 18.2 Å². The van der Waals surface area contributed by atoms with E-state index in [-0.39, 0.29) is 5.30 Å². The normalized spacial score (nSPS) is 13.1. The van der Waals surface area contributed by atoms with E-state index < -0.39 is 7.24 Å². The summed E-state index contributed by atoms with van der Waals surface area (Å²) in [5, 5.41) is -0.0309. The zero-order valence-electron chi connectivity index (χ0n) is 5.02. The second-order valence-corrected chi connectivity index (χ2v) is 4.86. The van der Waals surface area contributed by atoms with Crippen LogP contribution in [-0.4, -0.2) is 0 Å². The molecule has 1 rings (SSSR count). The summed E-state index contributed by atoms with van der Waals surface area (Å²) in [7, 11) is -4.56. The van der Waals surface area contributed by atoms with Crippen LogP contribution in [0.3, 0.4) is 0 Å². The van der Waals surface area contributed by atoms with Crippen molar-refractivity contribution in [2.45, 2.75) is 0 Å². The van der Waals surface area contributed by atoms with Crippen LogP contribution in [-0.2, 0) is 0 Å². The molecule has 4 heteroatoms. The molecular weight excluding hydrogens is 176 g/mol. The zero-order valence-corrected chi connectivity index (χ0v) is 6.78. The third-order valence-electron chi connectivity index (χ3n) is 1.10. The van der Waals surface area contributed by atoms with Gasteiger partial charge in [-0.05, 0) is 0 Å². The molecule has 0 amide bonds. The Labute approximate surface area is 63.2 Å². The molecule has 0 nitrogen and oxygen atoms in total. The van der Waals surface area contributed by atoms with Crippen molar-refractivity contribution in [3.8, 4) is 0 Å². The van der Waals surface area contributed by atoms with Crippen LogP contribution in [0, 0.1) is 0 Å². The summed E-state index contributed by atoms with van der Waals surface area (Å²) in [6.07, 6.45) is 0. The molecule has 56 valence electrons. The number of benzene rings is 1. The first kappa shape index (κ1) is 7.90. The van der Waals surface area contributed by atoms with Crippen molar-refractivity contribution in [2.75, 3.05) is 0 Å². The molecule has 0 atom stereocenters. The Morgan fingerprint density at radius 3 is 1.90 bits per heavy atom. The van der Waals surface area contributed by atoms with Gasteiger partial charge in [-0.15, -0.1) is 0 Å². The van der Waals surface area contributed by atoms with E-state index in [9.17, 15) is 8.39 Å². The number of halogens is 3. The van der Waals surface area contributed by atoms with Crippen molar-refractivity contribution in [3.63, 3.8) is 0 Å². The van der Waals surface area contributed by atoms with Gasteiger partial charge in [-0.1, -0.05) is 0 Å². The van der Waals surface area contributed by atoms with Crippen molar-refractivity contribution >= 4 is 23.8 Å². The summed E-state index contributed by atoms with van der Waals surface area (Å²) >= 11 is 4.86. The average Bonchev–Trinajstić information content (AvgIpc) is 1.88. The molecule has 0 bridgehead atoms. The van der Waals surface area contributed by atoms with E-state index in [0.29, 0.717) is 0 Å². The first-order valence-electron chi connectivity index (χ1n) is 2.73. The van der Waals surface area contributed by atoms with E-state index in [2.05, 4.69) is 0 Å². The van der Waals surface area contributed by atoms with Crippen molar-refractivity contribution in [1.29, 1.82) is 0 Å². The van der Waals surface area contributed by atoms with Crippen LogP contribution in [0.5, 0.6) is 0 Å². The van der Waals surface area contributed by atoms with Crippen LogP contribution in [0.4, 0.5) is 8.39 Å². The molecular formula is C6H6ClF2P. The fourth-order valence-corrected chi connectivity index (χ4v) is 1.58. The number of hydrogen-bond acceptors (Lipinski definition) is 0. The summed E-state index contributed by atoms with van der Waals surface area (Å²) in [6, 6.07) is 7.48. The van der Waals surface area contributed by atoms with E-state index in [4.69, 9.17) is 11.2 Å². The molecule has 0 aliphatic carbocycles. The third kappa shape index (κ3) is 1.89. The SMILES string of the molecule is F[PH](F)(Cl)c1ccccc1. The number of hydrogen-bond donors (Lipinski definition) is 0. The summed E-state index contributed by atoms with van der Waals surface area (Å²) < 4.78 is 24.7. The van der Waals surface area contributed by atoms with Crippen molar-refractivity contribution < 1.29 is 8.39 Å². The van der Waals surface area contributed by atoms with Crippen LogP contribution >= 0.6 is 18.5 Å². The minimum atomic E-state index is -4.56. The van der Waals surface area contributed by atoms with Gasteiger partial charge in [0.25, 0.3) is 0 Å². The molecule has 0 aliphatic rings. The molecule has 0 unspecified atom stereocenters. The molecule has 0 saturated heterocycles. The van der Waals surface area contributed by atoms with Crippen molar-refractivity contribution in [2.24, 2.45) is 0 Å². The predicted octanol–water partition coefficient (Wildman–Crippen LogP) is 2.98. The summed E-state index contributed by atoms with van der Waals surface area (Å²) in [5.41, 5.74) is 0. The summed E-state index contributed by atoms with van der Waals surface area (Å²) in [4.78, 5) is 0. The van der Waals surface area contributed by atoms with Gasteiger partial charge in [-0.25, -0.2) is 0 Å². The van der Waals surface area contributed by atoms with Gasteiger partial charge in [0.15, 0.2) is 0 Å². The molecule has 0 saturated carbocycles. The second kappa shape index (κ2) is 2.81. The molecule has 1 aromatic carbocycles. The van der Waals surface area contributed by atoms with Crippen LogP contribution in [0.1, 0.15) is 0 Å². The van der Waals surface area contributed by atoms with Gasteiger partial charge >= 0.3 is 62.5 Å². The van der Waals surface area contributed by atoms with Gasteiger partial charge in [-0.3, -0.25) is 0 Å². The van der Waals surface area contributed by atoms with Gasteiger partial charge in [0, 0.05) is 0 Å². The third-order valence-corrected chi connectivity index (χ3v) is 2.74. The summed E-state index contributed by atoms with van der Waals surface area (Å²) in [5.74, 6) is 0. The molecule has 10 heavy (non-hydrogen) atoms. The first-order chi connectivity index (χ1) is 4.61. The molecule has 0 aliphatic heterocycles. The van der Waals surface area contributed by atoms with Crippen LogP contribution < -0.4 is 5.30 Å². The fourth-order valence-electron chi connectivity index (χ4n) is 0.627. The van der Waals surface area contributed by atoms with Gasteiger partial charge in [-0.2, -0.15) is 0 Å². The second-order valence-electron chi connectivity index (χ2n) is 1.86. The fraction of sp³-hybridized carbons (Fsp3) is 0. The Balaban J connectivity index is 2.97. The van der Waals surface area contributed by atoms with E-state index in [0.717, 1.165) is 0 Å². The number of rotatable bonds is 1. The van der Waals surface area contributed by atoms with Crippen LogP contribution in [0.15, 0.2) is 30.3 Å². The molecule has 0 fully saturated rings. The zero-order chi connectivity index (χ0) is 7.61. The van der Waals surface area contributed by atoms with Crippen molar-refractivity contribution in [3.05, 3.63) is 30.3 Å². The van der Waals surface area contributed by atoms with Gasteiger partial charge in [0.1, 0.15) is 0 Å². The molecule has 0 N–H and O–H groups in total. The Hall–Kier alpha value is -0.200. The molecule has 0 aromatic heterocycles. The maximum absolute atomic E-state index is 12.4. The Kier molecular flexibility index (Phi) is 2.22. The maximum atomic E-state index is 12.4. The van der Waals surface area contributed by atoms with E-state index in [1.165, 1.54) is 12.1 Å². The Morgan fingerprint density at radius 2 is 1.60 bits per heavy atom. The Bertz CT molecular complexity index is 207. The standard InChI is InChI=1S/C6H6ClF2P/c7-10(8,9)6-4-2-1-3-5-6/h1-5,10H.